The van der Waals surface area contributed by atoms with Gasteiger partial charge in [0.15, 0.2) is 0 Å². The van der Waals surface area contributed by atoms with E-state index >= 15 is 0 Å². The first-order valence-electron chi connectivity index (χ1n) is 9.53. The number of sulfonamides is 1. The van der Waals surface area contributed by atoms with E-state index in [1.54, 1.807) is 11.5 Å². The molecule has 164 valence electrons. The summed E-state index contributed by atoms with van der Waals surface area (Å²) in [5.74, 6) is -1.30. The number of halogens is 1. The van der Waals surface area contributed by atoms with Crippen LogP contribution < -0.4 is 5.48 Å². The van der Waals surface area contributed by atoms with E-state index in [0.717, 1.165) is 16.0 Å². The third-order valence-electron chi connectivity index (χ3n) is 5.82. The summed E-state index contributed by atoms with van der Waals surface area (Å²) in [6, 6.07) is 7.36. The zero-order valence-electron chi connectivity index (χ0n) is 16.3. The topological polar surface area (TPSA) is 127 Å². The van der Waals surface area contributed by atoms with Crippen LogP contribution in [0.4, 0.5) is 4.79 Å². The molecule has 2 amide bonds. The van der Waals surface area contributed by atoms with Crippen molar-refractivity contribution in [1.29, 1.82) is 0 Å². The van der Waals surface area contributed by atoms with E-state index in [0.29, 0.717) is 11.4 Å². The highest BCUT2D eigenvalue weighted by Crippen LogP contribution is 2.36. The van der Waals surface area contributed by atoms with Crippen molar-refractivity contribution in [2.45, 2.75) is 19.3 Å². The van der Waals surface area contributed by atoms with Crippen molar-refractivity contribution < 1.29 is 28.3 Å². The minimum Gasteiger partial charge on any atom is -0.465 e. The number of rotatable bonds is 5. The minimum absolute atomic E-state index is 0.0134. The van der Waals surface area contributed by atoms with Gasteiger partial charge in [-0.1, -0.05) is 35.9 Å². The molecule has 2 aliphatic heterocycles. The lowest BCUT2D eigenvalue weighted by atomic mass is 9.79. The molecule has 0 aliphatic carbocycles. The smallest absolute Gasteiger partial charge is 0.407 e. The molecule has 1 aromatic carbocycles. The summed E-state index contributed by atoms with van der Waals surface area (Å²) in [6.07, 6.45) is 1.20. The molecule has 0 bridgehead atoms. The van der Waals surface area contributed by atoms with Crippen molar-refractivity contribution in [1.82, 2.24) is 14.7 Å². The van der Waals surface area contributed by atoms with Crippen molar-refractivity contribution in [2.75, 3.05) is 31.9 Å². The normalized spacial score (nSPS) is 19.8. The van der Waals surface area contributed by atoms with Crippen LogP contribution in [0, 0.1) is 5.41 Å². The van der Waals surface area contributed by atoms with Gasteiger partial charge in [0.1, 0.15) is 0 Å². The largest absolute Gasteiger partial charge is 0.465 e. The van der Waals surface area contributed by atoms with Gasteiger partial charge in [-0.25, -0.2) is 18.7 Å². The molecule has 0 aromatic heterocycles. The molecular weight excluding hydrogens is 434 g/mol. The fourth-order valence-electron chi connectivity index (χ4n) is 3.99. The number of nitrogens with one attached hydrogen (secondary N) is 1. The molecule has 0 saturated carbocycles. The average molecular weight is 458 g/mol. The van der Waals surface area contributed by atoms with Gasteiger partial charge in [0, 0.05) is 31.2 Å². The fraction of sp³-hybridized carbons (Fsp3) is 0.474. The van der Waals surface area contributed by atoms with Crippen LogP contribution >= 0.6 is 11.6 Å². The zero-order valence-corrected chi connectivity index (χ0v) is 17.8. The number of benzene rings is 1. The van der Waals surface area contributed by atoms with Gasteiger partial charge >= 0.3 is 6.09 Å². The van der Waals surface area contributed by atoms with Crippen LogP contribution in [0.15, 0.2) is 30.3 Å². The highest BCUT2D eigenvalue weighted by molar-refractivity contribution is 7.89. The zero-order chi connectivity index (χ0) is 21.9. The van der Waals surface area contributed by atoms with Gasteiger partial charge in [0.05, 0.1) is 11.2 Å². The summed E-state index contributed by atoms with van der Waals surface area (Å²) < 4.78 is 27.5. The second-order valence-electron chi connectivity index (χ2n) is 7.56. The molecular formula is C19H24ClN3O6S. The Morgan fingerprint density at radius 3 is 2.37 bits per heavy atom. The first kappa shape index (κ1) is 22.5. The van der Waals surface area contributed by atoms with Gasteiger partial charge in [0.25, 0.3) is 5.91 Å². The quantitative estimate of drug-likeness (QED) is 0.458. The third-order valence-corrected chi connectivity index (χ3v) is 8.18. The van der Waals surface area contributed by atoms with Crippen LogP contribution in [0.2, 0.25) is 5.02 Å². The molecule has 2 heterocycles. The van der Waals surface area contributed by atoms with Crippen LogP contribution in [0.3, 0.4) is 0 Å². The maximum atomic E-state index is 13.1. The van der Waals surface area contributed by atoms with Crippen molar-refractivity contribution in [3.05, 3.63) is 40.9 Å². The van der Waals surface area contributed by atoms with E-state index in [1.807, 2.05) is 24.3 Å². The van der Waals surface area contributed by atoms with Gasteiger partial charge in [-0.05, 0) is 36.5 Å². The van der Waals surface area contributed by atoms with Gasteiger partial charge in [0.2, 0.25) is 10.0 Å². The fourth-order valence-corrected chi connectivity index (χ4v) is 6.22. The van der Waals surface area contributed by atoms with Crippen molar-refractivity contribution >= 4 is 39.2 Å². The van der Waals surface area contributed by atoms with Crippen molar-refractivity contribution in [2.24, 2.45) is 5.41 Å². The van der Waals surface area contributed by atoms with E-state index in [1.165, 1.54) is 4.31 Å². The van der Waals surface area contributed by atoms with Crippen molar-refractivity contribution in [3.8, 4) is 0 Å². The Balaban J connectivity index is 1.75. The van der Waals surface area contributed by atoms with Crippen LogP contribution in [0.25, 0.3) is 5.57 Å². The molecule has 3 rings (SSSR count). The number of carbonyl (C=O) groups is 2. The van der Waals surface area contributed by atoms with E-state index in [-0.39, 0.29) is 39.0 Å². The number of piperidine rings is 1. The predicted molar refractivity (Wildman–Crippen MR) is 111 cm³/mol. The lowest BCUT2D eigenvalue weighted by molar-refractivity contribution is -0.141. The first-order chi connectivity index (χ1) is 14.2. The molecule has 11 heteroatoms. The minimum atomic E-state index is -3.83. The number of carbonyl (C=O) groups excluding carboxylic acids is 1. The average Bonchev–Trinajstić information content (AvgIpc) is 2.73. The summed E-state index contributed by atoms with van der Waals surface area (Å²) in [5, 5.41) is 18.9. The summed E-state index contributed by atoms with van der Waals surface area (Å²) in [7, 11) is -3.83. The maximum absolute atomic E-state index is 13.1. The van der Waals surface area contributed by atoms with Gasteiger partial charge in [-0.15, -0.1) is 0 Å². The molecule has 0 radical (unpaired) electrons. The molecule has 1 aromatic rings. The lowest BCUT2D eigenvalue weighted by Crippen LogP contribution is -2.54. The van der Waals surface area contributed by atoms with E-state index in [4.69, 9.17) is 21.9 Å². The van der Waals surface area contributed by atoms with Crippen LogP contribution in [0.5, 0.6) is 0 Å². The number of amides is 2. The second kappa shape index (κ2) is 8.93. The third kappa shape index (κ3) is 4.61. The van der Waals surface area contributed by atoms with E-state index < -0.39 is 33.2 Å². The van der Waals surface area contributed by atoms with E-state index in [2.05, 4.69) is 0 Å². The summed E-state index contributed by atoms with van der Waals surface area (Å²) in [5.41, 5.74) is 2.01. The van der Waals surface area contributed by atoms with Crippen LogP contribution in [-0.4, -0.2) is 71.9 Å². The predicted octanol–water partition coefficient (Wildman–Crippen LogP) is 2.02. The molecule has 9 nitrogen and oxygen atoms in total. The summed E-state index contributed by atoms with van der Waals surface area (Å²) in [4.78, 5) is 24.6. The molecule has 0 unspecified atom stereocenters. The molecule has 3 N–H and O–H groups in total. The Labute approximate surface area is 179 Å². The molecule has 2 aliphatic rings. The Morgan fingerprint density at radius 1 is 1.17 bits per heavy atom. The molecule has 0 atom stereocenters. The number of likely N-dealkylation sites (tertiary alicyclic amines) is 1. The van der Waals surface area contributed by atoms with Crippen LogP contribution in [-0.2, 0) is 14.8 Å². The number of hydrogen-bond donors (Lipinski definition) is 3. The molecule has 1 saturated heterocycles. The van der Waals surface area contributed by atoms with Crippen LogP contribution in [0.1, 0.15) is 24.8 Å². The van der Waals surface area contributed by atoms with E-state index in [9.17, 15) is 18.0 Å². The Hall–Kier alpha value is -2.14. The second-order valence-corrected chi connectivity index (χ2v) is 9.94. The Bertz CT molecular complexity index is 957. The SMILES string of the molecule is O=C(O)N1CCC(CS(=O)(=O)N2CC=C(c3ccccc3Cl)CC2)(C(=O)NO)CC1. The number of carboxylic acid groups (broad SMARTS) is 1. The summed E-state index contributed by atoms with van der Waals surface area (Å²) in [6.45, 7) is 0.447. The monoisotopic (exact) mass is 457 g/mol. The highest BCUT2D eigenvalue weighted by atomic mass is 35.5. The number of hydrogen-bond acceptors (Lipinski definition) is 5. The first-order valence-corrected chi connectivity index (χ1v) is 11.5. The number of hydroxylamine groups is 1. The van der Waals surface area contributed by atoms with Crippen molar-refractivity contribution in [3.63, 3.8) is 0 Å². The molecule has 1 fully saturated rings. The van der Waals surface area contributed by atoms with Gasteiger partial charge < -0.3 is 10.0 Å². The standard InChI is InChI=1S/C19H24ClN3O6S/c20-16-4-2-1-3-15(16)14-5-9-23(10-6-14)30(28,29)13-19(17(24)21-27)7-11-22(12-8-19)18(25)26/h1-5,27H,6-13H2,(H,21,24)(H,25,26). The highest BCUT2D eigenvalue weighted by Gasteiger charge is 2.47. The Morgan fingerprint density at radius 2 is 1.83 bits per heavy atom. The molecule has 30 heavy (non-hydrogen) atoms. The Kier molecular flexibility index (Phi) is 6.71. The lowest BCUT2D eigenvalue weighted by Gasteiger charge is -2.40. The van der Waals surface area contributed by atoms with Gasteiger partial charge in [-0.2, -0.15) is 4.31 Å². The summed E-state index contributed by atoms with van der Waals surface area (Å²) >= 11 is 6.23. The molecule has 0 spiro atoms. The maximum Gasteiger partial charge on any atom is 0.407 e. The number of nitrogens with zero attached hydrogens (tertiary/aromatic N) is 2. The van der Waals surface area contributed by atoms with Gasteiger partial charge in [-0.3, -0.25) is 10.0 Å².